The molecule has 0 saturated carbocycles. The fourth-order valence-corrected chi connectivity index (χ4v) is 4.03. The monoisotopic (exact) mass is 414 g/mol. The topological polar surface area (TPSA) is 50.4 Å². The number of carbonyl (C=O) groups is 1. The van der Waals surface area contributed by atoms with Crippen LogP contribution in [0.15, 0.2) is 54.6 Å². The lowest BCUT2D eigenvalue weighted by molar-refractivity contribution is 0.0602. The minimum Gasteiger partial charge on any atom is -0.465 e. The average molecular weight is 415 g/mol. The number of methoxy groups -OCH3 is 1. The van der Waals surface area contributed by atoms with Crippen LogP contribution in [0.2, 0.25) is 0 Å². The van der Waals surface area contributed by atoms with E-state index in [2.05, 4.69) is 10.6 Å². The number of aryl methyl sites for hydroxylation is 1. The molecule has 0 aliphatic rings. The van der Waals surface area contributed by atoms with E-state index in [1.54, 1.807) is 6.07 Å². The lowest BCUT2D eigenvalue weighted by atomic mass is 10.1. The highest BCUT2D eigenvalue weighted by Crippen LogP contribution is 2.31. The van der Waals surface area contributed by atoms with E-state index in [1.165, 1.54) is 30.6 Å². The molecule has 0 unspecified atom stereocenters. The molecule has 28 heavy (non-hydrogen) atoms. The van der Waals surface area contributed by atoms with E-state index in [0.29, 0.717) is 22.7 Å². The van der Waals surface area contributed by atoms with E-state index in [1.807, 2.05) is 43.3 Å². The van der Waals surface area contributed by atoms with Crippen molar-refractivity contribution in [2.24, 2.45) is 0 Å². The Kier molecular flexibility index (Phi) is 6.38. The molecule has 0 aliphatic carbocycles. The van der Waals surface area contributed by atoms with E-state index in [0.717, 1.165) is 16.0 Å². The maximum atomic E-state index is 13.5. The smallest absolute Gasteiger partial charge is 0.340 e. The molecule has 0 saturated heterocycles. The second kappa shape index (κ2) is 8.95. The number of esters is 1. The molecule has 3 aromatic rings. The van der Waals surface area contributed by atoms with Gasteiger partial charge in [-0.2, -0.15) is 0 Å². The Morgan fingerprint density at radius 1 is 1.14 bits per heavy atom. The molecule has 1 aromatic heterocycles. The molecule has 0 spiro atoms. The van der Waals surface area contributed by atoms with Crippen LogP contribution in [0, 0.1) is 12.7 Å². The first-order valence-electron chi connectivity index (χ1n) is 8.55. The van der Waals surface area contributed by atoms with Gasteiger partial charge >= 0.3 is 5.97 Å². The quantitative estimate of drug-likeness (QED) is 0.433. The van der Waals surface area contributed by atoms with E-state index in [-0.39, 0.29) is 10.9 Å². The zero-order valence-electron chi connectivity index (χ0n) is 15.4. The third-order valence-electron chi connectivity index (χ3n) is 4.08. The molecule has 0 amide bonds. The van der Waals surface area contributed by atoms with Crippen LogP contribution in [0.1, 0.15) is 26.4 Å². The summed E-state index contributed by atoms with van der Waals surface area (Å²) in [5.74, 6) is -0.796. The molecule has 0 atom stereocenters. The molecule has 3 rings (SSSR count). The number of ether oxygens (including phenoxy) is 1. The van der Waals surface area contributed by atoms with Gasteiger partial charge in [0, 0.05) is 17.0 Å². The second-order valence-corrected chi connectivity index (χ2v) is 7.69. The van der Waals surface area contributed by atoms with Crippen molar-refractivity contribution < 1.29 is 13.9 Å². The van der Waals surface area contributed by atoms with Gasteiger partial charge in [-0.25, -0.2) is 9.18 Å². The van der Waals surface area contributed by atoms with Gasteiger partial charge in [-0.15, -0.1) is 11.3 Å². The first kappa shape index (κ1) is 20.0. The molecule has 7 heteroatoms. The van der Waals surface area contributed by atoms with Gasteiger partial charge in [-0.05, 0) is 48.5 Å². The number of benzene rings is 2. The predicted octanol–water partition coefficient (Wildman–Crippen LogP) is 5.38. The molecule has 0 fully saturated rings. The van der Waals surface area contributed by atoms with Crippen LogP contribution < -0.4 is 10.6 Å². The van der Waals surface area contributed by atoms with E-state index >= 15 is 0 Å². The summed E-state index contributed by atoms with van der Waals surface area (Å²) in [6.07, 6.45) is 0.695. The minimum atomic E-state index is -0.442. The Hall–Kier alpha value is -2.77. The number of hydrogen-bond donors (Lipinski definition) is 2. The Balaban J connectivity index is 1.80. The van der Waals surface area contributed by atoms with Crippen molar-refractivity contribution in [2.75, 3.05) is 17.7 Å². The number of hydrogen-bond acceptors (Lipinski definition) is 4. The Bertz CT molecular complexity index is 1000. The summed E-state index contributed by atoms with van der Waals surface area (Å²) in [4.78, 5) is 13.2. The lowest BCUT2D eigenvalue weighted by Crippen LogP contribution is -2.20. The number of carbonyl (C=O) groups excluding carboxylic acids is 1. The fraction of sp³-hybridized carbons (Fsp3) is 0.143. The van der Waals surface area contributed by atoms with Gasteiger partial charge in [-0.1, -0.05) is 36.4 Å². The summed E-state index contributed by atoms with van der Waals surface area (Å²) in [7, 11) is 1.34. The van der Waals surface area contributed by atoms with Gasteiger partial charge in [0.15, 0.2) is 5.11 Å². The van der Waals surface area contributed by atoms with E-state index in [9.17, 15) is 9.18 Å². The first-order chi connectivity index (χ1) is 13.5. The second-order valence-electron chi connectivity index (χ2n) is 6.15. The third kappa shape index (κ3) is 4.94. The van der Waals surface area contributed by atoms with Crippen molar-refractivity contribution in [2.45, 2.75) is 13.3 Å². The summed E-state index contributed by atoms with van der Waals surface area (Å²) in [6.45, 7) is 1.85. The predicted molar refractivity (Wildman–Crippen MR) is 116 cm³/mol. The Morgan fingerprint density at radius 2 is 1.89 bits per heavy atom. The van der Waals surface area contributed by atoms with Crippen molar-refractivity contribution >= 4 is 45.3 Å². The molecule has 0 radical (unpaired) electrons. The van der Waals surface area contributed by atoms with Crippen LogP contribution in [0.3, 0.4) is 0 Å². The van der Waals surface area contributed by atoms with Crippen molar-refractivity contribution in [1.29, 1.82) is 0 Å². The van der Waals surface area contributed by atoms with Gasteiger partial charge in [0.2, 0.25) is 0 Å². The first-order valence-corrected chi connectivity index (χ1v) is 9.78. The van der Waals surface area contributed by atoms with Gasteiger partial charge < -0.3 is 15.4 Å². The van der Waals surface area contributed by atoms with Crippen LogP contribution in [0.25, 0.3) is 0 Å². The number of nitrogens with one attached hydrogen (secondary N) is 2. The number of rotatable bonds is 5. The highest BCUT2D eigenvalue weighted by Gasteiger charge is 2.18. The molecular formula is C21H19FN2O2S2. The molecule has 2 aromatic carbocycles. The highest BCUT2D eigenvalue weighted by molar-refractivity contribution is 7.80. The average Bonchev–Trinajstić information content (AvgIpc) is 3.06. The van der Waals surface area contributed by atoms with E-state index < -0.39 is 5.97 Å². The van der Waals surface area contributed by atoms with E-state index in [4.69, 9.17) is 17.0 Å². The number of halogens is 1. The van der Waals surface area contributed by atoms with Crippen LogP contribution >= 0.6 is 23.6 Å². The SMILES string of the molecule is COC(=O)c1cc(Cc2ccccc2)sc1NC(=S)Nc1cc(F)ccc1C. The van der Waals surface area contributed by atoms with Crippen molar-refractivity contribution in [3.8, 4) is 0 Å². The van der Waals surface area contributed by atoms with Crippen LogP contribution in [0.4, 0.5) is 15.1 Å². The van der Waals surface area contributed by atoms with Crippen molar-refractivity contribution in [3.05, 3.63) is 82.0 Å². The summed E-state index contributed by atoms with van der Waals surface area (Å²) >= 11 is 6.78. The normalized spacial score (nSPS) is 10.4. The zero-order valence-corrected chi connectivity index (χ0v) is 17.0. The zero-order chi connectivity index (χ0) is 20.1. The maximum Gasteiger partial charge on any atom is 0.340 e. The molecular weight excluding hydrogens is 395 g/mol. The number of anilines is 2. The molecule has 144 valence electrons. The molecule has 0 aliphatic heterocycles. The summed E-state index contributed by atoms with van der Waals surface area (Å²) in [5, 5.41) is 6.88. The van der Waals surface area contributed by atoms with Crippen LogP contribution in [0.5, 0.6) is 0 Å². The largest absolute Gasteiger partial charge is 0.465 e. The van der Waals surface area contributed by atoms with Gasteiger partial charge in [0.1, 0.15) is 10.8 Å². The standard InChI is InChI=1S/C21H19FN2O2S2/c1-13-8-9-15(22)11-18(13)23-21(27)24-19-17(20(25)26-2)12-16(28-19)10-14-6-4-3-5-7-14/h3-9,11-12H,10H2,1-2H3,(H2,23,24,27). The maximum absolute atomic E-state index is 13.5. The van der Waals surface area contributed by atoms with Gasteiger partial charge in [0.05, 0.1) is 12.7 Å². The Labute approximate surface area is 172 Å². The summed E-state index contributed by atoms with van der Waals surface area (Å²) < 4.78 is 18.4. The lowest BCUT2D eigenvalue weighted by Gasteiger charge is -2.12. The van der Waals surface area contributed by atoms with Crippen molar-refractivity contribution in [1.82, 2.24) is 0 Å². The van der Waals surface area contributed by atoms with Gasteiger partial charge in [0.25, 0.3) is 0 Å². The highest BCUT2D eigenvalue weighted by atomic mass is 32.1. The molecule has 1 heterocycles. The summed E-state index contributed by atoms with van der Waals surface area (Å²) in [6, 6.07) is 16.2. The van der Waals surface area contributed by atoms with Crippen LogP contribution in [-0.2, 0) is 11.2 Å². The van der Waals surface area contributed by atoms with Crippen LogP contribution in [-0.4, -0.2) is 18.2 Å². The van der Waals surface area contributed by atoms with Gasteiger partial charge in [-0.3, -0.25) is 0 Å². The minimum absolute atomic E-state index is 0.270. The molecule has 4 nitrogen and oxygen atoms in total. The Morgan fingerprint density at radius 3 is 2.61 bits per heavy atom. The molecule has 0 bridgehead atoms. The summed E-state index contributed by atoms with van der Waals surface area (Å²) in [5.41, 5.74) is 2.98. The fourth-order valence-electron chi connectivity index (χ4n) is 2.67. The van der Waals surface area contributed by atoms with Crippen molar-refractivity contribution in [3.63, 3.8) is 0 Å². The number of thiophene rings is 1. The third-order valence-corrected chi connectivity index (χ3v) is 5.34. The number of thiocarbonyl (C=S) groups is 1. The molecule has 2 N–H and O–H groups in total.